The number of benzene rings is 1. The van der Waals surface area contributed by atoms with E-state index in [1.807, 2.05) is 44.2 Å². The molecule has 4 nitrogen and oxygen atoms in total. The molecule has 1 aromatic carbocycles. The van der Waals surface area contributed by atoms with E-state index in [0.29, 0.717) is 11.6 Å². The van der Waals surface area contributed by atoms with Crippen LogP contribution >= 0.6 is 11.3 Å². The van der Waals surface area contributed by atoms with Crippen molar-refractivity contribution >= 4 is 22.4 Å². The van der Waals surface area contributed by atoms with Crippen molar-refractivity contribution in [3.63, 3.8) is 0 Å². The van der Waals surface area contributed by atoms with E-state index in [2.05, 4.69) is 15.5 Å². The molecule has 0 fully saturated rings. The van der Waals surface area contributed by atoms with Gasteiger partial charge in [0.2, 0.25) is 11.0 Å². The Hall–Kier alpha value is -1.75. The van der Waals surface area contributed by atoms with Crippen LogP contribution < -0.4 is 5.32 Å². The third-order valence-electron chi connectivity index (χ3n) is 2.63. The summed E-state index contributed by atoms with van der Waals surface area (Å²) in [6.45, 7) is 3.90. The fourth-order valence-electron chi connectivity index (χ4n) is 1.69. The van der Waals surface area contributed by atoms with E-state index in [1.54, 1.807) is 0 Å². The number of amides is 1. The molecule has 1 amide bonds. The highest BCUT2D eigenvalue weighted by atomic mass is 32.1. The topological polar surface area (TPSA) is 54.9 Å². The van der Waals surface area contributed by atoms with Gasteiger partial charge in [-0.15, -0.1) is 10.2 Å². The van der Waals surface area contributed by atoms with Crippen molar-refractivity contribution in [3.05, 3.63) is 40.9 Å². The van der Waals surface area contributed by atoms with E-state index in [9.17, 15) is 4.79 Å². The van der Waals surface area contributed by atoms with Crippen LogP contribution in [0.15, 0.2) is 30.3 Å². The van der Waals surface area contributed by atoms with Gasteiger partial charge < -0.3 is 5.32 Å². The number of hydrogen-bond donors (Lipinski definition) is 1. The minimum atomic E-state index is -0.0255. The lowest BCUT2D eigenvalue weighted by atomic mass is 9.98. The molecule has 1 heterocycles. The Morgan fingerprint density at radius 2 is 2.06 bits per heavy atom. The summed E-state index contributed by atoms with van der Waals surface area (Å²) in [7, 11) is 0. The van der Waals surface area contributed by atoms with Gasteiger partial charge >= 0.3 is 0 Å². The van der Waals surface area contributed by atoms with Crippen LogP contribution in [0.4, 0.5) is 5.13 Å². The highest BCUT2D eigenvalue weighted by Gasteiger charge is 2.12. The van der Waals surface area contributed by atoms with Crippen LogP contribution in [0.25, 0.3) is 0 Å². The normalized spacial score (nSPS) is 12.1. The van der Waals surface area contributed by atoms with E-state index in [0.717, 1.165) is 5.01 Å². The van der Waals surface area contributed by atoms with Gasteiger partial charge in [-0.25, -0.2) is 0 Å². The van der Waals surface area contributed by atoms with E-state index in [1.165, 1.54) is 16.9 Å². The van der Waals surface area contributed by atoms with Gasteiger partial charge in [0.25, 0.3) is 0 Å². The number of carbonyl (C=O) groups excluding carboxylic acids is 1. The Morgan fingerprint density at radius 3 is 2.67 bits per heavy atom. The number of aromatic nitrogens is 2. The monoisotopic (exact) mass is 261 g/mol. The van der Waals surface area contributed by atoms with Gasteiger partial charge in [0.05, 0.1) is 0 Å². The summed E-state index contributed by atoms with van der Waals surface area (Å²) in [5, 5.41) is 11.9. The summed E-state index contributed by atoms with van der Waals surface area (Å²) in [5.74, 6) is 0.169. The molecule has 0 aliphatic rings. The van der Waals surface area contributed by atoms with E-state index in [-0.39, 0.29) is 11.8 Å². The van der Waals surface area contributed by atoms with Crippen molar-refractivity contribution in [2.45, 2.75) is 26.2 Å². The molecular weight excluding hydrogens is 246 g/mol. The Kier molecular flexibility index (Phi) is 4.04. The van der Waals surface area contributed by atoms with Crippen molar-refractivity contribution < 1.29 is 4.79 Å². The summed E-state index contributed by atoms with van der Waals surface area (Å²) >= 11 is 1.38. The summed E-state index contributed by atoms with van der Waals surface area (Å²) in [5.41, 5.74) is 1.17. The van der Waals surface area contributed by atoms with Gasteiger partial charge in [-0.05, 0) is 18.4 Å². The van der Waals surface area contributed by atoms with Crippen LogP contribution in [0.1, 0.15) is 29.8 Å². The molecule has 94 valence electrons. The molecule has 1 aromatic heterocycles. The number of hydrogen-bond acceptors (Lipinski definition) is 4. The molecule has 0 saturated carbocycles. The molecule has 0 saturated heterocycles. The van der Waals surface area contributed by atoms with Crippen LogP contribution in [-0.4, -0.2) is 16.1 Å². The van der Waals surface area contributed by atoms with Crippen molar-refractivity contribution in [2.24, 2.45) is 0 Å². The molecule has 2 rings (SSSR count). The smallest absolute Gasteiger partial charge is 0.226 e. The first-order valence-corrected chi connectivity index (χ1v) is 6.61. The zero-order valence-electron chi connectivity index (χ0n) is 10.4. The lowest BCUT2D eigenvalue weighted by Crippen LogP contribution is -2.14. The summed E-state index contributed by atoms with van der Waals surface area (Å²) < 4.78 is 0. The van der Waals surface area contributed by atoms with Crippen molar-refractivity contribution in [3.8, 4) is 0 Å². The number of nitrogens with zero attached hydrogens (tertiary/aromatic N) is 2. The Labute approximate surface area is 110 Å². The fourth-order valence-corrected chi connectivity index (χ4v) is 2.30. The standard InChI is InChI=1S/C13H15N3OS/c1-9(11-6-4-3-5-7-11)8-12(17)14-13-16-15-10(2)18-13/h3-7,9H,8H2,1-2H3,(H,14,16,17)/t9-/m1/s1. The minimum Gasteiger partial charge on any atom is -0.301 e. The van der Waals surface area contributed by atoms with Gasteiger partial charge in [-0.1, -0.05) is 48.6 Å². The summed E-state index contributed by atoms with van der Waals surface area (Å²) in [6.07, 6.45) is 0.447. The predicted octanol–water partition coefficient (Wildman–Crippen LogP) is 2.98. The molecule has 0 unspecified atom stereocenters. The number of nitrogens with one attached hydrogen (secondary N) is 1. The van der Waals surface area contributed by atoms with E-state index >= 15 is 0 Å². The van der Waals surface area contributed by atoms with E-state index in [4.69, 9.17) is 0 Å². The molecule has 1 N–H and O–H groups in total. The number of carbonyl (C=O) groups is 1. The van der Waals surface area contributed by atoms with Gasteiger partial charge in [-0.3, -0.25) is 4.79 Å². The average molecular weight is 261 g/mol. The molecule has 0 aliphatic heterocycles. The zero-order valence-corrected chi connectivity index (χ0v) is 11.2. The Balaban J connectivity index is 1.92. The van der Waals surface area contributed by atoms with Crippen LogP contribution in [0.3, 0.4) is 0 Å². The molecule has 0 aliphatic carbocycles. The fraction of sp³-hybridized carbons (Fsp3) is 0.308. The lowest BCUT2D eigenvalue weighted by Gasteiger charge is -2.10. The third-order valence-corrected chi connectivity index (χ3v) is 3.39. The summed E-state index contributed by atoms with van der Waals surface area (Å²) in [6, 6.07) is 10.0. The van der Waals surface area contributed by atoms with Crippen LogP contribution in [0.5, 0.6) is 0 Å². The van der Waals surface area contributed by atoms with Crippen molar-refractivity contribution in [1.82, 2.24) is 10.2 Å². The van der Waals surface area contributed by atoms with Crippen molar-refractivity contribution in [1.29, 1.82) is 0 Å². The maximum Gasteiger partial charge on any atom is 0.226 e. The maximum absolute atomic E-state index is 11.8. The van der Waals surface area contributed by atoms with Crippen LogP contribution in [0.2, 0.25) is 0 Å². The SMILES string of the molecule is Cc1nnc(NC(=O)C[C@@H](C)c2ccccc2)s1. The van der Waals surface area contributed by atoms with Gasteiger partial charge in [0.15, 0.2) is 0 Å². The number of anilines is 1. The highest BCUT2D eigenvalue weighted by Crippen LogP contribution is 2.20. The zero-order chi connectivity index (χ0) is 13.0. The molecule has 0 spiro atoms. The molecule has 5 heteroatoms. The predicted molar refractivity (Wildman–Crippen MR) is 72.7 cm³/mol. The molecular formula is C13H15N3OS. The molecule has 2 aromatic rings. The second kappa shape index (κ2) is 5.73. The first kappa shape index (κ1) is 12.7. The lowest BCUT2D eigenvalue weighted by molar-refractivity contribution is -0.116. The summed E-state index contributed by atoms with van der Waals surface area (Å²) in [4.78, 5) is 11.8. The average Bonchev–Trinajstić information content (AvgIpc) is 2.75. The Morgan fingerprint density at radius 1 is 1.33 bits per heavy atom. The second-order valence-electron chi connectivity index (χ2n) is 4.19. The largest absolute Gasteiger partial charge is 0.301 e. The van der Waals surface area contributed by atoms with Gasteiger partial charge in [0, 0.05) is 6.42 Å². The minimum absolute atomic E-state index is 0.0255. The first-order valence-electron chi connectivity index (χ1n) is 5.80. The van der Waals surface area contributed by atoms with Gasteiger partial charge in [-0.2, -0.15) is 0 Å². The van der Waals surface area contributed by atoms with E-state index < -0.39 is 0 Å². The number of rotatable bonds is 4. The second-order valence-corrected chi connectivity index (χ2v) is 5.37. The quantitative estimate of drug-likeness (QED) is 0.920. The molecule has 0 radical (unpaired) electrons. The Bertz CT molecular complexity index is 524. The number of aryl methyl sites for hydroxylation is 1. The van der Waals surface area contributed by atoms with Crippen LogP contribution in [-0.2, 0) is 4.79 Å². The first-order chi connectivity index (χ1) is 8.65. The third kappa shape index (κ3) is 3.37. The molecule has 1 atom stereocenters. The van der Waals surface area contributed by atoms with Crippen LogP contribution in [0, 0.1) is 6.92 Å². The maximum atomic E-state index is 11.8. The molecule has 18 heavy (non-hydrogen) atoms. The molecule has 0 bridgehead atoms. The highest BCUT2D eigenvalue weighted by molar-refractivity contribution is 7.15. The van der Waals surface area contributed by atoms with Gasteiger partial charge in [0.1, 0.15) is 5.01 Å². The van der Waals surface area contributed by atoms with Crippen molar-refractivity contribution in [2.75, 3.05) is 5.32 Å².